The highest BCUT2D eigenvalue weighted by Crippen LogP contribution is 2.28. The quantitative estimate of drug-likeness (QED) is 0.469. The van der Waals surface area contributed by atoms with E-state index in [1.165, 1.54) is 4.90 Å². The van der Waals surface area contributed by atoms with Crippen LogP contribution in [0.3, 0.4) is 0 Å². The van der Waals surface area contributed by atoms with E-state index in [4.69, 9.17) is 12.2 Å². The Labute approximate surface area is 180 Å². The van der Waals surface area contributed by atoms with Gasteiger partial charge in [0.15, 0.2) is 5.11 Å². The largest absolute Gasteiger partial charge is 0.361 e. The molecular weight excluding hydrogens is 396 g/mol. The second-order valence-corrected chi connectivity index (χ2v) is 7.65. The molecule has 1 unspecified atom stereocenters. The van der Waals surface area contributed by atoms with Gasteiger partial charge < -0.3 is 15.2 Å². The molecule has 0 spiro atoms. The van der Waals surface area contributed by atoms with Gasteiger partial charge in [-0.25, -0.2) is 0 Å². The Morgan fingerprint density at radius 2 is 2.00 bits per heavy atom. The summed E-state index contributed by atoms with van der Waals surface area (Å²) >= 11 is 5.57. The third-order valence-electron chi connectivity index (χ3n) is 5.15. The number of carbonyl (C=O) groups excluding carboxylic acids is 2. The van der Waals surface area contributed by atoms with Gasteiger partial charge in [0.2, 0.25) is 5.91 Å². The maximum atomic E-state index is 13.2. The molecule has 0 bridgehead atoms. The number of aryl methyl sites for hydroxylation is 1. The van der Waals surface area contributed by atoms with Crippen molar-refractivity contribution in [2.75, 3.05) is 16.8 Å². The van der Waals surface area contributed by atoms with E-state index in [2.05, 4.69) is 16.9 Å². The Morgan fingerprint density at radius 3 is 2.73 bits per heavy atom. The summed E-state index contributed by atoms with van der Waals surface area (Å²) in [5.41, 5.74) is 3.40. The van der Waals surface area contributed by atoms with Crippen LogP contribution in [-0.4, -0.2) is 39.4 Å². The molecule has 4 rings (SSSR count). The van der Waals surface area contributed by atoms with E-state index in [9.17, 15) is 9.59 Å². The Kier molecular flexibility index (Phi) is 5.37. The number of nitrogens with one attached hydrogen (secondary N) is 2. The molecule has 7 heteroatoms. The standard InChI is InChI=1S/C23H22N4O2S/c1-3-12-26-20(22(29)27(23(26)30)18-8-4-15(2)5-9-18)14-21(28)25-17-7-6-16-10-11-24-19(16)13-17/h3-11,13,20,24H,1,12,14H2,2H3,(H,25,28). The topological polar surface area (TPSA) is 68.4 Å². The highest BCUT2D eigenvalue weighted by atomic mass is 32.1. The van der Waals surface area contributed by atoms with Crippen molar-refractivity contribution in [1.82, 2.24) is 9.88 Å². The van der Waals surface area contributed by atoms with E-state index >= 15 is 0 Å². The lowest BCUT2D eigenvalue weighted by atomic mass is 10.1. The normalized spacial score (nSPS) is 16.4. The Balaban J connectivity index is 1.53. The van der Waals surface area contributed by atoms with E-state index in [-0.39, 0.29) is 18.2 Å². The molecule has 0 saturated carbocycles. The number of carbonyl (C=O) groups is 2. The number of benzene rings is 2. The monoisotopic (exact) mass is 418 g/mol. The Hall–Kier alpha value is -3.45. The molecule has 1 saturated heterocycles. The number of rotatable bonds is 6. The maximum Gasteiger partial charge on any atom is 0.256 e. The zero-order chi connectivity index (χ0) is 21.3. The fourth-order valence-electron chi connectivity index (χ4n) is 3.63. The number of aromatic amines is 1. The summed E-state index contributed by atoms with van der Waals surface area (Å²) in [5.74, 6) is -0.456. The van der Waals surface area contributed by atoms with Crippen molar-refractivity contribution in [3.63, 3.8) is 0 Å². The average Bonchev–Trinajstić information content (AvgIpc) is 3.27. The highest BCUT2D eigenvalue weighted by Gasteiger charge is 2.43. The van der Waals surface area contributed by atoms with Crippen LogP contribution in [0.15, 0.2) is 67.4 Å². The van der Waals surface area contributed by atoms with E-state index in [0.717, 1.165) is 16.5 Å². The zero-order valence-electron chi connectivity index (χ0n) is 16.6. The van der Waals surface area contributed by atoms with Crippen LogP contribution >= 0.6 is 12.2 Å². The SMILES string of the molecule is C=CCN1C(=S)N(c2ccc(C)cc2)C(=O)C1CC(=O)Nc1ccc2cc[nH]c2c1. The molecule has 0 radical (unpaired) electrons. The van der Waals surface area contributed by atoms with Crippen LogP contribution in [0.1, 0.15) is 12.0 Å². The van der Waals surface area contributed by atoms with Gasteiger partial charge >= 0.3 is 0 Å². The van der Waals surface area contributed by atoms with Gasteiger partial charge in [0, 0.05) is 23.9 Å². The maximum absolute atomic E-state index is 13.2. The minimum Gasteiger partial charge on any atom is -0.361 e. The lowest BCUT2D eigenvalue weighted by molar-refractivity contribution is -0.124. The van der Waals surface area contributed by atoms with Gasteiger partial charge in [-0.05, 0) is 54.9 Å². The average molecular weight is 419 g/mol. The molecule has 2 amide bonds. The number of nitrogens with zero attached hydrogens (tertiary/aromatic N) is 2. The summed E-state index contributed by atoms with van der Waals surface area (Å²) in [6, 6.07) is 14.5. The highest BCUT2D eigenvalue weighted by molar-refractivity contribution is 7.80. The fourth-order valence-corrected chi connectivity index (χ4v) is 4.02. The summed E-state index contributed by atoms with van der Waals surface area (Å²) < 4.78 is 0. The molecule has 1 atom stereocenters. The Morgan fingerprint density at radius 1 is 1.23 bits per heavy atom. The molecule has 3 aromatic rings. The third kappa shape index (κ3) is 3.71. The predicted molar refractivity (Wildman–Crippen MR) is 123 cm³/mol. The second-order valence-electron chi connectivity index (χ2n) is 7.28. The number of H-pyrrole nitrogens is 1. The molecule has 6 nitrogen and oxygen atoms in total. The molecule has 2 heterocycles. The van der Waals surface area contributed by atoms with Crippen molar-refractivity contribution < 1.29 is 9.59 Å². The summed E-state index contributed by atoms with van der Waals surface area (Å²) in [4.78, 5) is 32.3. The molecule has 1 aliphatic rings. The minimum absolute atomic E-state index is 0.00205. The molecule has 152 valence electrons. The molecule has 2 aromatic carbocycles. The van der Waals surface area contributed by atoms with Gasteiger partial charge in [0.1, 0.15) is 6.04 Å². The molecule has 2 N–H and O–H groups in total. The van der Waals surface area contributed by atoms with Crippen molar-refractivity contribution in [3.8, 4) is 0 Å². The number of hydrogen-bond acceptors (Lipinski definition) is 3. The molecule has 0 aliphatic carbocycles. The van der Waals surface area contributed by atoms with Crippen molar-refractivity contribution >= 4 is 51.4 Å². The van der Waals surface area contributed by atoms with Gasteiger partial charge in [0.25, 0.3) is 5.91 Å². The molecule has 1 fully saturated rings. The van der Waals surface area contributed by atoms with Gasteiger partial charge in [-0.2, -0.15) is 0 Å². The van der Waals surface area contributed by atoms with Crippen LogP contribution in [-0.2, 0) is 9.59 Å². The van der Waals surface area contributed by atoms with E-state index in [0.29, 0.717) is 23.0 Å². The zero-order valence-corrected chi connectivity index (χ0v) is 17.4. The van der Waals surface area contributed by atoms with Crippen molar-refractivity contribution in [3.05, 3.63) is 72.9 Å². The number of anilines is 2. The summed E-state index contributed by atoms with van der Waals surface area (Å²) in [6.45, 7) is 6.13. The van der Waals surface area contributed by atoms with Crippen LogP contribution in [0.5, 0.6) is 0 Å². The smallest absolute Gasteiger partial charge is 0.256 e. The third-order valence-corrected chi connectivity index (χ3v) is 5.57. The molecule has 1 aliphatic heterocycles. The van der Waals surface area contributed by atoms with Crippen molar-refractivity contribution in [2.45, 2.75) is 19.4 Å². The lowest BCUT2D eigenvalue weighted by Crippen LogP contribution is -2.37. The first kappa shape index (κ1) is 19.8. The number of thiocarbonyl (C=S) groups is 1. The molecule has 1 aromatic heterocycles. The van der Waals surface area contributed by atoms with Crippen LogP contribution in [0.25, 0.3) is 10.9 Å². The first-order chi connectivity index (χ1) is 14.5. The summed E-state index contributed by atoms with van der Waals surface area (Å²) in [5, 5.41) is 4.33. The van der Waals surface area contributed by atoms with Crippen LogP contribution in [0.2, 0.25) is 0 Å². The lowest BCUT2D eigenvalue weighted by Gasteiger charge is -2.22. The van der Waals surface area contributed by atoms with Crippen LogP contribution in [0, 0.1) is 6.92 Å². The Bertz CT molecular complexity index is 1140. The van der Waals surface area contributed by atoms with E-state index < -0.39 is 6.04 Å². The summed E-state index contributed by atoms with van der Waals surface area (Å²) in [7, 11) is 0. The number of amides is 2. The number of fused-ring (bicyclic) bond motifs is 1. The first-order valence-corrected chi connectivity index (χ1v) is 10.1. The van der Waals surface area contributed by atoms with Gasteiger partial charge in [0.05, 0.1) is 12.1 Å². The van der Waals surface area contributed by atoms with E-state index in [1.807, 2.05) is 61.7 Å². The minimum atomic E-state index is -0.675. The van der Waals surface area contributed by atoms with Gasteiger partial charge in [-0.1, -0.05) is 29.8 Å². The number of aromatic nitrogens is 1. The van der Waals surface area contributed by atoms with Crippen LogP contribution < -0.4 is 10.2 Å². The fraction of sp³-hybridized carbons (Fsp3) is 0.174. The number of hydrogen-bond donors (Lipinski definition) is 2. The second kappa shape index (κ2) is 8.12. The van der Waals surface area contributed by atoms with Crippen LogP contribution in [0.4, 0.5) is 11.4 Å². The van der Waals surface area contributed by atoms with Crippen molar-refractivity contribution in [1.29, 1.82) is 0 Å². The predicted octanol–water partition coefficient (Wildman–Crippen LogP) is 3.99. The molecular formula is C23H22N4O2S. The van der Waals surface area contributed by atoms with E-state index in [1.54, 1.807) is 11.0 Å². The van der Waals surface area contributed by atoms with Gasteiger partial charge in [-0.3, -0.25) is 14.5 Å². The summed E-state index contributed by atoms with van der Waals surface area (Å²) in [6.07, 6.45) is 3.53. The van der Waals surface area contributed by atoms with Crippen molar-refractivity contribution in [2.24, 2.45) is 0 Å². The van der Waals surface area contributed by atoms with Gasteiger partial charge in [-0.15, -0.1) is 6.58 Å². The molecule has 30 heavy (non-hydrogen) atoms. The first-order valence-electron chi connectivity index (χ1n) is 9.67.